The van der Waals surface area contributed by atoms with Crippen molar-refractivity contribution < 1.29 is 9.21 Å². The lowest BCUT2D eigenvalue weighted by molar-refractivity contribution is 0.0916. The second-order valence-corrected chi connectivity index (χ2v) is 7.76. The highest BCUT2D eigenvalue weighted by Crippen LogP contribution is 2.29. The maximum absolute atomic E-state index is 13.4. The molecule has 2 heterocycles. The SMILES string of the molecule is O=C(N[C@H]1CCCC[C@@H]1N=C=S)c1c(-c2ccc3ccccc3c2)nc2occn12. The normalized spacial score (nSPS) is 18.9. The number of fused-ring (bicyclic) bond motifs is 2. The topological polar surface area (TPSA) is 71.9 Å². The van der Waals surface area contributed by atoms with Crippen LogP contribution in [0.25, 0.3) is 27.9 Å². The predicted octanol–water partition coefficient (Wildman–Crippen LogP) is 4.89. The first-order valence-electron chi connectivity index (χ1n) is 10.1. The molecule has 2 aromatic heterocycles. The number of nitrogens with one attached hydrogen (secondary N) is 1. The summed E-state index contributed by atoms with van der Waals surface area (Å²) < 4.78 is 7.17. The van der Waals surface area contributed by atoms with E-state index >= 15 is 0 Å². The lowest BCUT2D eigenvalue weighted by Gasteiger charge is -2.28. The molecule has 0 unspecified atom stereocenters. The minimum atomic E-state index is -0.191. The molecule has 30 heavy (non-hydrogen) atoms. The number of benzene rings is 2. The van der Waals surface area contributed by atoms with Gasteiger partial charge in [-0.3, -0.25) is 9.20 Å². The van der Waals surface area contributed by atoms with Crippen LogP contribution in [-0.2, 0) is 0 Å². The van der Waals surface area contributed by atoms with Crippen LogP contribution >= 0.6 is 12.2 Å². The molecule has 0 radical (unpaired) electrons. The van der Waals surface area contributed by atoms with Crippen LogP contribution in [0, 0.1) is 0 Å². The number of hydrogen-bond donors (Lipinski definition) is 1. The van der Waals surface area contributed by atoms with E-state index in [9.17, 15) is 4.79 Å². The first kappa shape index (κ1) is 18.7. The second kappa shape index (κ2) is 7.86. The standard InChI is InChI=1S/C23H20N4O2S/c28-22(25-19-8-4-3-7-18(19)24-14-30)21-20(26-23-27(21)11-12-29-23)17-10-9-15-5-1-2-6-16(15)13-17/h1-2,5-6,9-13,18-19H,3-4,7-8H2,(H,25,28)/t18-,19-/m0/s1. The number of aromatic nitrogens is 2. The molecule has 7 heteroatoms. The van der Waals surface area contributed by atoms with Gasteiger partial charge in [-0.2, -0.15) is 4.98 Å². The van der Waals surface area contributed by atoms with Crippen LogP contribution < -0.4 is 5.32 Å². The number of amides is 1. The van der Waals surface area contributed by atoms with Gasteiger partial charge in [0.05, 0.1) is 17.2 Å². The predicted molar refractivity (Wildman–Crippen MR) is 119 cm³/mol. The van der Waals surface area contributed by atoms with Gasteiger partial charge in [0, 0.05) is 11.8 Å². The van der Waals surface area contributed by atoms with E-state index < -0.39 is 0 Å². The number of imidazole rings is 1. The third-order valence-corrected chi connectivity index (χ3v) is 5.87. The Morgan fingerprint density at radius 1 is 1.20 bits per heavy atom. The van der Waals surface area contributed by atoms with E-state index in [1.54, 1.807) is 10.6 Å². The van der Waals surface area contributed by atoms with Crippen molar-refractivity contribution in [3.8, 4) is 11.3 Å². The largest absolute Gasteiger partial charge is 0.432 e. The summed E-state index contributed by atoms with van der Waals surface area (Å²) in [7, 11) is 0. The Bertz CT molecular complexity index is 1280. The zero-order valence-electron chi connectivity index (χ0n) is 16.2. The average molecular weight is 417 g/mol. The highest BCUT2D eigenvalue weighted by Gasteiger charge is 2.29. The lowest BCUT2D eigenvalue weighted by atomic mass is 9.90. The minimum Gasteiger partial charge on any atom is -0.432 e. The molecule has 5 rings (SSSR count). The molecule has 1 fully saturated rings. The van der Waals surface area contributed by atoms with E-state index in [1.165, 1.54) is 6.26 Å². The fourth-order valence-corrected chi connectivity index (χ4v) is 4.41. The van der Waals surface area contributed by atoms with E-state index in [1.807, 2.05) is 30.3 Å². The Labute approximate surface area is 178 Å². The van der Waals surface area contributed by atoms with Gasteiger partial charge in [0.25, 0.3) is 5.91 Å². The van der Waals surface area contributed by atoms with E-state index in [-0.39, 0.29) is 18.0 Å². The molecular formula is C23H20N4O2S. The summed E-state index contributed by atoms with van der Waals surface area (Å²) in [6, 6.07) is 14.1. The molecule has 0 bridgehead atoms. The Morgan fingerprint density at radius 2 is 2.03 bits per heavy atom. The number of isothiocyanates is 1. The van der Waals surface area contributed by atoms with Crippen molar-refractivity contribution >= 4 is 39.9 Å². The Kier molecular flexibility index (Phi) is 4.91. The van der Waals surface area contributed by atoms with Gasteiger partial charge in [-0.05, 0) is 41.9 Å². The van der Waals surface area contributed by atoms with E-state index in [0.717, 1.165) is 42.0 Å². The quantitative estimate of drug-likeness (QED) is 0.380. The molecule has 2 aromatic carbocycles. The maximum atomic E-state index is 13.4. The van der Waals surface area contributed by atoms with Crippen molar-refractivity contribution in [2.24, 2.45) is 4.99 Å². The molecular weight excluding hydrogens is 396 g/mol. The van der Waals surface area contributed by atoms with Crippen molar-refractivity contribution in [2.45, 2.75) is 37.8 Å². The summed E-state index contributed by atoms with van der Waals surface area (Å²) in [5.74, 6) is 0.198. The van der Waals surface area contributed by atoms with Gasteiger partial charge in [-0.1, -0.05) is 49.2 Å². The van der Waals surface area contributed by atoms with Crippen molar-refractivity contribution in [2.75, 3.05) is 0 Å². The summed E-state index contributed by atoms with van der Waals surface area (Å²) in [5, 5.41) is 7.87. The Hall–Kier alpha value is -3.28. The molecule has 1 saturated carbocycles. The number of carbonyl (C=O) groups is 1. The van der Waals surface area contributed by atoms with Crippen LogP contribution in [-0.4, -0.2) is 32.5 Å². The van der Waals surface area contributed by atoms with E-state index in [0.29, 0.717) is 17.2 Å². The Balaban J connectivity index is 1.55. The number of hydrogen-bond acceptors (Lipinski definition) is 5. The first-order valence-corrected chi connectivity index (χ1v) is 10.5. The molecule has 0 spiro atoms. The summed E-state index contributed by atoms with van der Waals surface area (Å²) in [4.78, 5) is 22.3. The molecule has 6 nitrogen and oxygen atoms in total. The molecule has 1 aliphatic carbocycles. The summed E-state index contributed by atoms with van der Waals surface area (Å²) in [5.41, 5.74) is 1.93. The number of aliphatic imine (C=N–C) groups is 1. The lowest BCUT2D eigenvalue weighted by Crippen LogP contribution is -2.44. The number of thiocarbonyl (C=S) groups is 1. The third-order valence-electron chi connectivity index (χ3n) is 5.76. The molecule has 1 N–H and O–H groups in total. The van der Waals surface area contributed by atoms with Gasteiger partial charge in [0.2, 0.25) is 0 Å². The van der Waals surface area contributed by atoms with Gasteiger partial charge in [0.1, 0.15) is 17.7 Å². The van der Waals surface area contributed by atoms with Crippen LogP contribution in [0.15, 0.2) is 64.3 Å². The van der Waals surface area contributed by atoms with Gasteiger partial charge >= 0.3 is 5.84 Å². The maximum Gasteiger partial charge on any atom is 0.306 e. The van der Waals surface area contributed by atoms with Crippen LogP contribution in [0.4, 0.5) is 0 Å². The van der Waals surface area contributed by atoms with Crippen molar-refractivity contribution in [3.05, 3.63) is 60.6 Å². The van der Waals surface area contributed by atoms with E-state index in [4.69, 9.17) is 16.6 Å². The summed E-state index contributed by atoms with van der Waals surface area (Å²) in [6.07, 6.45) is 7.16. The highest BCUT2D eigenvalue weighted by molar-refractivity contribution is 7.78. The zero-order valence-corrected chi connectivity index (χ0v) is 17.1. The number of nitrogens with zero attached hydrogens (tertiary/aromatic N) is 3. The van der Waals surface area contributed by atoms with Crippen LogP contribution in [0.1, 0.15) is 36.2 Å². The van der Waals surface area contributed by atoms with Gasteiger partial charge < -0.3 is 9.73 Å². The zero-order chi connectivity index (χ0) is 20.5. The van der Waals surface area contributed by atoms with Gasteiger partial charge in [-0.15, -0.1) is 0 Å². The molecule has 4 aromatic rings. The van der Waals surface area contributed by atoms with Crippen LogP contribution in [0.3, 0.4) is 0 Å². The van der Waals surface area contributed by atoms with Crippen LogP contribution in [0.5, 0.6) is 0 Å². The minimum absolute atomic E-state index is 0.0305. The molecule has 2 atom stereocenters. The fourth-order valence-electron chi connectivity index (χ4n) is 4.28. The monoisotopic (exact) mass is 416 g/mol. The molecule has 1 aliphatic rings. The van der Waals surface area contributed by atoms with Gasteiger partial charge in [-0.25, -0.2) is 4.99 Å². The summed E-state index contributed by atoms with van der Waals surface area (Å²) in [6.45, 7) is 0. The number of carbonyl (C=O) groups excluding carboxylic acids is 1. The molecule has 1 amide bonds. The van der Waals surface area contributed by atoms with Crippen LogP contribution in [0.2, 0.25) is 0 Å². The van der Waals surface area contributed by atoms with E-state index in [2.05, 4.69) is 32.6 Å². The van der Waals surface area contributed by atoms with Crippen molar-refractivity contribution in [1.29, 1.82) is 0 Å². The van der Waals surface area contributed by atoms with Crippen molar-refractivity contribution in [3.63, 3.8) is 0 Å². The fraction of sp³-hybridized carbons (Fsp3) is 0.261. The Morgan fingerprint density at radius 3 is 2.90 bits per heavy atom. The molecule has 0 aliphatic heterocycles. The third kappa shape index (κ3) is 3.32. The average Bonchev–Trinajstić information content (AvgIpc) is 3.36. The molecule has 0 saturated heterocycles. The van der Waals surface area contributed by atoms with Gasteiger partial charge in [0.15, 0.2) is 0 Å². The number of oxazole rings is 1. The van der Waals surface area contributed by atoms with Crippen molar-refractivity contribution in [1.82, 2.24) is 14.7 Å². The number of rotatable bonds is 4. The summed E-state index contributed by atoms with van der Waals surface area (Å²) >= 11 is 4.80. The highest BCUT2D eigenvalue weighted by atomic mass is 32.1. The smallest absolute Gasteiger partial charge is 0.306 e. The first-order chi connectivity index (χ1) is 14.7. The second-order valence-electron chi connectivity index (χ2n) is 7.58. The molecule has 150 valence electrons.